The lowest BCUT2D eigenvalue weighted by molar-refractivity contribution is -0.116. The Kier molecular flexibility index (Phi) is 8.09. The molecular weight excluding hydrogens is 492 g/mol. The normalized spacial score (nSPS) is 10.8. The third-order valence-electron chi connectivity index (χ3n) is 5.66. The van der Waals surface area contributed by atoms with Crippen LogP contribution in [0.1, 0.15) is 23.1 Å². The first-order valence-corrected chi connectivity index (χ1v) is 12.8. The predicted molar refractivity (Wildman–Crippen MR) is 146 cm³/mol. The molecule has 0 unspecified atom stereocenters. The van der Waals surface area contributed by atoms with Gasteiger partial charge in [0.2, 0.25) is 5.91 Å². The molecule has 0 N–H and O–H groups in total. The van der Waals surface area contributed by atoms with E-state index in [1.54, 1.807) is 27.7 Å². The van der Waals surface area contributed by atoms with Crippen LogP contribution in [0.15, 0.2) is 76.7 Å². The largest absolute Gasteiger partial charge is 0.311 e. The van der Waals surface area contributed by atoms with E-state index in [4.69, 9.17) is 21.8 Å². The van der Waals surface area contributed by atoms with E-state index in [1.807, 2.05) is 62.4 Å². The van der Waals surface area contributed by atoms with Crippen molar-refractivity contribution in [2.45, 2.75) is 32.0 Å². The fourth-order valence-electron chi connectivity index (χ4n) is 4.06. The molecule has 36 heavy (non-hydrogen) atoms. The molecule has 1 amide bonds. The van der Waals surface area contributed by atoms with Gasteiger partial charge in [-0.3, -0.25) is 14.2 Å². The Hall–Kier alpha value is -3.60. The Morgan fingerprint density at radius 2 is 1.81 bits per heavy atom. The lowest BCUT2D eigenvalue weighted by Crippen LogP contribution is -2.34. The molecule has 0 aliphatic heterocycles. The second-order valence-corrected chi connectivity index (χ2v) is 9.90. The van der Waals surface area contributed by atoms with Crippen LogP contribution in [-0.2, 0) is 11.3 Å². The first-order chi connectivity index (χ1) is 17.4. The van der Waals surface area contributed by atoms with Gasteiger partial charge in [-0.05, 0) is 60.9 Å². The van der Waals surface area contributed by atoms with Crippen molar-refractivity contribution in [3.8, 4) is 6.07 Å². The van der Waals surface area contributed by atoms with Gasteiger partial charge in [0.25, 0.3) is 5.56 Å². The summed E-state index contributed by atoms with van der Waals surface area (Å²) in [6.45, 7) is 4.57. The Bertz CT molecular complexity index is 1490. The van der Waals surface area contributed by atoms with Crippen LogP contribution in [0.2, 0.25) is 5.02 Å². The SMILES string of the molecule is Cc1cc(C)cc(N(CCC#N)C(=O)CSc2nc3cc(Cl)ccc3c(=O)n2Cc2ccccc2)c1. The van der Waals surface area contributed by atoms with Crippen molar-refractivity contribution in [2.24, 2.45) is 0 Å². The second kappa shape index (κ2) is 11.4. The maximum atomic E-state index is 13.4. The third kappa shape index (κ3) is 5.96. The number of carbonyl (C=O) groups is 1. The molecule has 8 heteroatoms. The zero-order valence-electron chi connectivity index (χ0n) is 20.1. The van der Waals surface area contributed by atoms with Crippen LogP contribution in [-0.4, -0.2) is 27.8 Å². The maximum absolute atomic E-state index is 13.4. The van der Waals surface area contributed by atoms with Gasteiger partial charge in [-0.25, -0.2) is 4.98 Å². The summed E-state index contributed by atoms with van der Waals surface area (Å²) in [6, 6.07) is 22.7. The number of aryl methyl sites for hydroxylation is 2. The summed E-state index contributed by atoms with van der Waals surface area (Å²) < 4.78 is 1.60. The molecule has 4 rings (SSSR count). The Labute approximate surface area is 219 Å². The summed E-state index contributed by atoms with van der Waals surface area (Å²) in [5.74, 6) is -0.0990. The number of amides is 1. The minimum absolute atomic E-state index is 0.0612. The zero-order chi connectivity index (χ0) is 25.7. The first-order valence-electron chi connectivity index (χ1n) is 11.5. The average Bonchev–Trinajstić information content (AvgIpc) is 2.85. The summed E-state index contributed by atoms with van der Waals surface area (Å²) in [5.41, 5.74) is 4.09. The number of thioether (sulfide) groups is 1. The van der Waals surface area contributed by atoms with Crippen LogP contribution < -0.4 is 10.5 Å². The van der Waals surface area contributed by atoms with Crippen molar-refractivity contribution in [2.75, 3.05) is 17.2 Å². The lowest BCUT2D eigenvalue weighted by atomic mass is 10.1. The van der Waals surface area contributed by atoms with Gasteiger partial charge in [0.05, 0.1) is 35.7 Å². The number of hydrogen-bond acceptors (Lipinski definition) is 5. The number of fused-ring (bicyclic) bond motifs is 1. The fraction of sp³-hybridized carbons (Fsp3) is 0.214. The number of hydrogen-bond donors (Lipinski definition) is 0. The van der Waals surface area contributed by atoms with Crippen LogP contribution in [0.5, 0.6) is 0 Å². The molecule has 4 aromatic rings. The molecule has 0 saturated carbocycles. The van der Waals surface area contributed by atoms with E-state index < -0.39 is 0 Å². The quantitative estimate of drug-likeness (QED) is 0.220. The molecule has 6 nitrogen and oxygen atoms in total. The molecule has 0 aliphatic rings. The second-order valence-electron chi connectivity index (χ2n) is 8.52. The van der Waals surface area contributed by atoms with Crippen molar-refractivity contribution in [3.05, 3.63) is 98.8 Å². The molecule has 0 aliphatic carbocycles. The van der Waals surface area contributed by atoms with Crippen LogP contribution in [0.3, 0.4) is 0 Å². The summed E-state index contributed by atoms with van der Waals surface area (Å²) in [6.07, 6.45) is 0.217. The van der Waals surface area contributed by atoms with Gasteiger partial charge in [-0.2, -0.15) is 5.26 Å². The van der Waals surface area contributed by atoms with Crippen molar-refractivity contribution in [3.63, 3.8) is 0 Å². The molecule has 0 spiro atoms. The Morgan fingerprint density at radius 1 is 1.08 bits per heavy atom. The number of anilines is 1. The molecule has 0 saturated heterocycles. The van der Waals surface area contributed by atoms with Crippen LogP contribution in [0, 0.1) is 25.2 Å². The molecular formula is C28H25ClN4O2S. The van der Waals surface area contributed by atoms with E-state index >= 15 is 0 Å². The molecule has 1 heterocycles. The van der Waals surface area contributed by atoms with E-state index in [9.17, 15) is 9.59 Å². The fourth-order valence-corrected chi connectivity index (χ4v) is 5.10. The van der Waals surface area contributed by atoms with Gasteiger partial charge in [0, 0.05) is 17.3 Å². The van der Waals surface area contributed by atoms with Gasteiger partial charge >= 0.3 is 0 Å². The van der Waals surface area contributed by atoms with Crippen molar-refractivity contribution >= 4 is 45.9 Å². The van der Waals surface area contributed by atoms with Gasteiger partial charge in [0.1, 0.15) is 0 Å². The number of carbonyl (C=O) groups excluding carboxylic acids is 1. The molecule has 182 valence electrons. The number of nitrogens with zero attached hydrogens (tertiary/aromatic N) is 4. The summed E-state index contributed by atoms with van der Waals surface area (Å²) in [5, 5.41) is 10.5. The minimum Gasteiger partial charge on any atom is -0.311 e. The van der Waals surface area contributed by atoms with Gasteiger partial charge in [0.15, 0.2) is 5.16 Å². The minimum atomic E-state index is -0.189. The van der Waals surface area contributed by atoms with Gasteiger partial charge in [-0.1, -0.05) is 59.8 Å². The molecule has 0 atom stereocenters. The van der Waals surface area contributed by atoms with Crippen molar-refractivity contribution in [1.82, 2.24) is 9.55 Å². The van der Waals surface area contributed by atoms with Crippen LogP contribution in [0.4, 0.5) is 5.69 Å². The van der Waals surface area contributed by atoms with Crippen LogP contribution in [0.25, 0.3) is 10.9 Å². The van der Waals surface area contributed by atoms with Gasteiger partial charge < -0.3 is 4.90 Å². The van der Waals surface area contributed by atoms with Crippen molar-refractivity contribution < 1.29 is 4.79 Å². The number of aromatic nitrogens is 2. The molecule has 3 aromatic carbocycles. The van der Waals surface area contributed by atoms with Gasteiger partial charge in [-0.15, -0.1) is 0 Å². The highest BCUT2D eigenvalue weighted by Crippen LogP contribution is 2.24. The predicted octanol–water partition coefficient (Wildman–Crippen LogP) is 5.75. The maximum Gasteiger partial charge on any atom is 0.262 e. The monoisotopic (exact) mass is 516 g/mol. The lowest BCUT2D eigenvalue weighted by Gasteiger charge is -2.23. The Balaban J connectivity index is 1.68. The number of rotatable bonds is 8. The highest BCUT2D eigenvalue weighted by atomic mass is 35.5. The van der Waals surface area contributed by atoms with E-state index in [0.29, 0.717) is 27.6 Å². The standard InChI is InChI=1S/C28H25ClN4O2S/c1-19-13-20(2)15-23(14-19)32(12-6-11-30)26(34)18-36-28-31-25-16-22(29)9-10-24(25)27(35)33(28)17-21-7-4-3-5-8-21/h3-5,7-10,13-16H,6,12,17-18H2,1-2H3. The molecule has 1 aromatic heterocycles. The smallest absolute Gasteiger partial charge is 0.262 e. The number of halogens is 1. The van der Waals surface area contributed by atoms with E-state index in [2.05, 4.69) is 6.07 Å². The topological polar surface area (TPSA) is 79.0 Å². The average molecular weight is 517 g/mol. The number of nitriles is 1. The number of benzene rings is 3. The Morgan fingerprint density at radius 3 is 2.50 bits per heavy atom. The first kappa shape index (κ1) is 25.5. The zero-order valence-corrected chi connectivity index (χ0v) is 21.6. The van der Waals surface area contributed by atoms with E-state index in [1.165, 1.54) is 11.8 Å². The molecule has 0 fully saturated rings. The molecule has 0 radical (unpaired) electrons. The summed E-state index contributed by atoms with van der Waals surface area (Å²) in [7, 11) is 0. The third-order valence-corrected chi connectivity index (χ3v) is 6.85. The highest BCUT2D eigenvalue weighted by molar-refractivity contribution is 7.99. The van der Waals surface area contributed by atoms with E-state index in [0.717, 1.165) is 22.4 Å². The summed E-state index contributed by atoms with van der Waals surface area (Å²) >= 11 is 7.37. The molecule has 0 bridgehead atoms. The summed E-state index contributed by atoms with van der Waals surface area (Å²) in [4.78, 5) is 33.1. The van der Waals surface area contributed by atoms with E-state index in [-0.39, 0.29) is 30.2 Å². The van der Waals surface area contributed by atoms with Crippen LogP contribution >= 0.6 is 23.4 Å². The highest BCUT2D eigenvalue weighted by Gasteiger charge is 2.19. The van der Waals surface area contributed by atoms with Crippen molar-refractivity contribution in [1.29, 1.82) is 5.26 Å².